The maximum Gasteiger partial charge on any atom is 0.141 e. The van der Waals surface area contributed by atoms with Crippen LogP contribution in [0.5, 0.6) is 0 Å². The zero-order valence-electron chi connectivity index (χ0n) is 11.0. The number of aromatic nitrogens is 1. The molecule has 0 aliphatic heterocycles. The number of aliphatic hydroxyl groups is 1. The zero-order valence-corrected chi connectivity index (χ0v) is 11.0. The van der Waals surface area contributed by atoms with Crippen LogP contribution >= 0.6 is 0 Å². The zero-order chi connectivity index (χ0) is 14.2. The van der Waals surface area contributed by atoms with E-state index in [4.69, 9.17) is 0 Å². The van der Waals surface area contributed by atoms with Crippen molar-refractivity contribution in [3.8, 4) is 0 Å². The van der Waals surface area contributed by atoms with E-state index in [1.807, 2.05) is 42.5 Å². The Morgan fingerprint density at radius 3 is 2.60 bits per heavy atom. The second-order valence-corrected chi connectivity index (χ2v) is 4.99. The van der Waals surface area contributed by atoms with E-state index in [9.17, 15) is 9.50 Å². The normalized spacial score (nSPS) is 14.2. The number of fused-ring (bicyclic) bond motifs is 1. The minimum atomic E-state index is -1.30. The molecule has 100 valence electrons. The van der Waals surface area contributed by atoms with Gasteiger partial charge in [0.25, 0.3) is 0 Å². The lowest BCUT2D eigenvalue weighted by Crippen LogP contribution is -2.23. The van der Waals surface area contributed by atoms with Gasteiger partial charge in [0.1, 0.15) is 11.4 Å². The van der Waals surface area contributed by atoms with E-state index in [0.717, 1.165) is 22.5 Å². The second-order valence-electron chi connectivity index (χ2n) is 4.99. The lowest BCUT2D eigenvalue weighted by molar-refractivity contribution is 0.103. The molecule has 0 spiro atoms. The summed E-state index contributed by atoms with van der Waals surface area (Å²) in [6.07, 6.45) is 2.62. The molecule has 2 aromatic carbocycles. The molecule has 1 aromatic heterocycles. The van der Waals surface area contributed by atoms with E-state index in [1.54, 1.807) is 6.92 Å². The summed E-state index contributed by atoms with van der Waals surface area (Å²) in [6.45, 7) is 1.66. The fourth-order valence-electron chi connectivity index (χ4n) is 2.48. The van der Waals surface area contributed by atoms with Crippen LogP contribution in [0.4, 0.5) is 4.39 Å². The van der Waals surface area contributed by atoms with Crippen molar-refractivity contribution in [3.05, 3.63) is 77.9 Å². The van der Waals surface area contributed by atoms with Crippen LogP contribution in [0.2, 0.25) is 0 Å². The molecular weight excluding hydrogens is 253 g/mol. The van der Waals surface area contributed by atoms with Gasteiger partial charge in [-0.05, 0) is 29.3 Å². The molecule has 0 fully saturated rings. The van der Waals surface area contributed by atoms with Crippen LogP contribution in [-0.2, 0) is 5.60 Å². The van der Waals surface area contributed by atoms with Crippen LogP contribution in [0, 0.1) is 5.82 Å². The fraction of sp³-hybridized carbons (Fsp3) is 0.118. The summed E-state index contributed by atoms with van der Waals surface area (Å²) in [4.78, 5) is 3.82. The van der Waals surface area contributed by atoms with Gasteiger partial charge in [-0.1, -0.05) is 42.5 Å². The van der Waals surface area contributed by atoms with Gasteiger partial charge in [-0.3, -0.25) is 4.98 Å². The highest BCUT2D eigenvalue weighted by Gasteiger charge is 2.28. The quantitative estimate of drug-likeness (QED) is 0.769. The SMILES string of the molecule is CC(O)(c1cncc(F)c1)c1cccc2ccccc12. The summed E-state index contributed by atoms with van der Waals surface area (Å²) in [7, 11) is 0. The number of pyridine rings is 1. The molecule has 0 bridgehead atoms. The molecule has 1 atom stereocenters. The van der Waals surface area contributed by atoms with E-state index in [2.05, 4.69) is 4.98 Å². The van der Waals surface area contributed by atoms with E-state index in [1.165, 1.54) is 12.3 Å². The Hall–Kier alpha value is -2.26. The molecule has 0 aliphatic rings. The lowest BCUT2D eigenvalue weighted by atomic mass is 9.86. The largest absolute Gasteiger partial charge is 0.381 e. The fourth-order valence-corrected chi connectivity index (χ4v) is 2.48. The first-order valence-electron chi connectivity index (χ1n) is 6.41. The van der Waals surface area contributed by atoms with Crippen molar-refractivity contribution in [2.24, 2.45) is 0 Å². The Morgan fingerprint density at radius 1 is 1.05 bits per heavy atom. The van der Waals surface area contributed by atoms with Crippen LogP contribution < -0.4 is 0 Å². The number of benzene rings is 2. The summed E-state index contributed by atoms with van der Waals surface area (Å²) in [5, 5.41) is 12.9. The van der Waals surface area contributed by atoms with Crippen LogP contribution in [0.15, 0.2) is 60.9 Å². The average molecular weight is 267 g/mol. The highest BCUT2D eigenvalue weighted by molar-refractivity contribution is 5.86. The molecule has 3 heteroatoms. The van der Waals surface area contributed by atoms with E-state index >= 15 is 0 Å². The van der Waals surface area contributed by atoms with Crippen molar-refractivity contribution in [2.75, 3.05) is 0 Å². The molecule has 1 unspecified atom stereocenters. The van der Waals surface area contributed by atoms with E-state index in [-0.39, 0.29) is 0 Å². The molecule has 20 heavy (non-hydrogen) atoms. The minimum absolute atomic E-state index is 0.439. The molecule has 3 aromatic rings. The lowest BCUT2D eigenvalue weighted by Gasteiger charge is -2.25. The first-order chi connectivity index (χ1) is 9.59. The van der Waals surface area contributed by atoms with Crippen molar-refractivity contribution in [1.29, 1.82) is 0 Å². The third kappa shape index (κ3) is 2.06. The maximum absolute atomic E-state index is 13.4. The average Bonchev–Trinajstić information content (AvgIpc) is 2.46. The van der Waals surface area contributed by atoms with Crippen molar-refractivity contribution < 1.29 is 9.50 Å². The summed E-state index contributed by atoms with van der Waals surface area (Å²) < 4.78 is 13.4. The molecule has 0 saturated heterocycles. The van der Waals surface area contributed by atoms with Gasteiger partial charge in [-0.2, -0.15) is 0 Å². The van der Waals surface area contributed by atoms with Gasteiger partial charge in [-0.15, -0.1) is 0 Å². The number of rotatable bonds is 2. The number of hydrogen-bond donors (Lipinski definition) is 1. The Labute approximate surface area is 116 Å². The molecule has 3 rings (SSSR count). The summed E-state index contributed by atoms with van der Waals surface area (Å²) in [6, 6.07) is 14.8. The molecular formula is C17H14FNO. The molecule has 0 saturated carbocycles. The maximum atomic E-state index is 13.4. The standard InChI is InChI=1S/C17H14FNO/c1-17(20,13-9-14(18)11-19-10-13)16-8-4-6-12-5-2-3-7-15(12)16/h2-11,20H,1H3. The van der Waals surface area contributed by atoms with Crippen LogP contribution in [0.3, 0.4) is 0 Å². The van der Waals surface area contributed by atoms with Gasteiger partial charge >= 0.3 is 0 Å². The third-order valence-electron chi connectivity index (χ3n) is 3.58. The minimum Gasteiger partial charge on any atom is -0.381 e. The molecule has 1 N–H and O–H groups in total. The van der Waals surface area contributed by atoms with E-state index < -0.39 is 11.4 Å². The number of nitrogens with zero attached hydrogens (tertiary/aromatic N) is 1. The molecule has 1 heterocycles. The van der Waals surface area contributed by atoms with Crippen LogP contribution in [-0.4, -0.2) is 10.1 Å². The first-order valence-corrected chi connectivity index (χ1v) is 6.41. The third-order valence-corrected chi connectivity index (χ3v) is 3.58. The van der Waals surface area contributed by atoms with Gasteiger partial charge in [0.05, 0.1) is 6.20 Å². The van der Waals surface area contributed by atoms with Crippen molar-refractivity contribution in [3.63, 3.8) is 0 Å². The van der Waals surface area contributed by atoms with Crippen molar-refractivity contribution in [2.45, 2.75) is 12.5 Å². The first kappa shape index (κ1) is 12.8. The monoisotopic (exact) mass is 267 g/mol. The predicted octanol–water partition coefficient (Wildman–Crippen LogP) is 3.63. The van der Waals surface area contributed by atoms with E-state index in [0.29, 0.717) is 5.56 Å². The molecule has 0 aliphatic carbocycles. The smallest absolute Gasteiger partial charge is 0.141 e. The summed E-state index contributed by atoms with van der Waals surface area (Å²) in [5.41, 5.74) is -0.118. The molecule has 0 radical (unpaired) electrons. The van der Waals surface area contributed by atoms with Gasteiger partial charge in [-0.25, -0.2) is 4.39 Å². The Balaban J connectivity index is 2.23. The van der Waals surface area contributed by atoms with Gasteiger partial charge < -0.3 is 5.11 Å². The summed E-state index contributed by atoms with van der Waals surface area (Å²) in [5.74, 6) is -0.456. The van der Waals surface area contributed by atoms with Gasteiger partial charge in [0.15, 0.2) is 0 Å². The second kappa shape index (κ2) is 4.69. The van der Waals surface area contributed by atoms with Gasteiger partial charge in [0, 0.05) is 11.8 Å². The van der Waals surface area contributed by atoms with Crippen molar-refractivity contribution in [1.82, 2.24) is 4.98 Å². The van der Waals surface area contributed by atoms with Gasteiger partial charge in [0.2, 0.25) is 0 Å². The molecule has 0 amide bonds. The Bertz CT molecular complexity index is 762. The van der Waals surface area contributed by atoms with Crippen LogP contribution in [0.25, 0.3) is 10.8 Å². The number of halogens is 1. The number of hydrogen-bond acceptors (Lipinski definition) is 2. The topological polar surface area (TPSA) is 33.1 Å². The summed E-state index contributed by atoms with van der Waals surface area (Å²) >= 11 is 0. The highest BCUT2D eigenvalue weighted by Crippen LogP contribution is 2.33. The highest BCUT2D eigenvalue weighted by atomic mass is 19.1. The Kier molecular flexibility index (Phi) is 2.99. The molecule has 2 nitrogen and oxygen atoms in total. The Morgan fingerprint density at radius 2 is 1.80 bits per heavy atom. The predicted molar refractivity (Wildman–Crippen MR) is 76.8 cm³/mol. The van der Waals surface area contributed by atoms with Crippen LogP contribution in [0.1, 0.15) is 18.1 Å². The van der Waals surface area contributed by atoms with Crippen molar-refractivity contribution >= 4 is 10.8 Å².